The Bertz CT molecular complexity index is 629. The number of amides is 1. The van der Waals surface area contributed by atoms with Gasteiger partial charge in [0.2, 0.25) is 0 Å². The van der Waals surface area contributed by atoms with Gasteiger partial charge < -0.3 is 10.4 Å². The van der Waals surface area contributed by atoms with Gasteiger partial charge in [0.05, 0.1) is 10.8 Å². The summed E-state index contributed by atoms with van der Waals surface area (Å²) in [6.45, 7) is 1.57. The van der Waals surface area contributed by atoms with E-state index in [0.29, 0.717) is 24.0 Å². The molecule has 0 aliphatic heterocycles. The summed E-state index contributed by atoms with van der Waals surface area (Å²) < 4.78 is 0. The van der Waals surface area contributed by atoms with Gasteiger partial charge in [0.25, 0.3) is 11.6 Å². The molecule has 1 aliphatic rings. The van der Waals surface area contributed by atoms with Crippen LogP contribution in [0.3, 0.4) is 0 Å². The van der Waals surface area contributed by atoms with Gasteiger partial charge >= 0.3 is 5.97 Å². The highest BCUT2D eigenvalue weighted by atomic mass is 16.6. The summed E-state index contributed by atoms with van der Waals surface area (Å²) in [5, 5.41) is 22.9. The van der Waals surface area contributed by atoms with Crippen molar-refractivity contribution in [1.29, 1.82) is 0 Å². The number of hydrogen-bond acceptors (Lipinski definition) is 4. The highest BCUT2D eigenvalue weighted by Crippen LogP contribution is 2.25. The van der Waals surface area contributed by atoms with E-state index in [9.17, 15) is 24.8 Å². The Hall–Kier alpha value is -2.44. The highest BCUT2D eigenvalue weighted by Gasteiger charge is 2.31. The molecule has 0 bridgehead atoms. The van der Waals surface area contributed by atoms with Crippen LogP contribution >= 0.6 is 0 Å². The van der Waals surface area contributed by atoms with Gasteiger partial charge in [-0.05, 0) is 31.9 Å². The first-order chi connectivity index (χ1) is 10.9. The maximum atomic E-state index is 12.4. The van der Waals surface area contributed by atoms with Gasteiger partial charge in [0, 0.05) is 23.2 Å². The molecule has 0 spiro atoms. The molecule has 1 aromatic carbocycles. The number of nitro benzene ring substituents is 1. The minimum absolute atomic E-state index is 0.0422. The van der Waals surface area contributed by atoms with Crippen LogP contribution in [0.4, 0.5) is 5.69 Å². The molecule has 0 heterocycles. The fourth-order valence-corrected chi connectivity index (χ4v) is 3.03. The minimum Gasteiger partial charge on any atom is -0.481 e. The molecular formula is C16H20N2O5. The number of carbonyl (C=O) groups excluding carboxylic acids is 1. The quantitative estimate of drug-likeness (QED) is 0.503. The standard InChI is InChI=1S/C16H20N2O5/c1-10-9-11(7-8-14(10)18(22)23)15(19)17-13-6-4-2-3-5-12(13)16(20)21/h7-9,12-13H,2-6H2,1H3,(H,17,19)(H,20,21)/t12-,13+/m1/s1. The van der Waals surface area contributed by atoms with Crippen LogP contribution < -0.4 is 5.32 Å². The van der Waals surface area contributed by atoms with Gasteiger partial charge in [-0.25, -0.2) is 0 Å². The summed E-state index contributed by atoms with van der Waals surface area (Å²) in [7, 11) is 0. The van der Waals surface area contributed by atoms with E-state index in [4.69, 9.17) is 0 Å². The Labute approximate surface area is 133 Å². The number of hydrogen-bond donors (Lipinski definition) is 2. The normalized spacial score (nSPS) is 21.3. The van der Waals surface area contributed by atoms with Crippen LogP contribution in [-0.4, -0.2) is 27.9 Å². The Kier molecular flexibility index (Phi) is 5.31. The Morgan fingerprint density at radius 1 is 1.26 bits per heavy atom. The average Bonchev–Trinajstić information content (AvgIpc) is 2.72. The minimum atomic E-state index is -0.892. The van der Waals surface area contributed by atoms with Gasteiger partial charge in [-0.3, -0.25) is 19.7 Å². The second-order valence-electron chi connectivity index (χ2n) is 5.92. The van der Waals surface area contributed by atoms with E-state index in [-0.39, 0.29) is 11.6 Å². The van der Waals surface area contributed by atoms with E-state index in [0.717, 1.165) is 19.3 Å². The van der Waals surface area contributed by atoms with Crippen LogP contribution in [0.15, 0.2) is 18.2 Å². The highest BCUT2D eigenvalue weighted by molar-refractivity contribution is 5.95. The first kappa shape index (κ1) is 16.9. The summed E-state index contributed by atoms with van der Waals surface area (Å²) in [6.07, 6.45) is 3.88. The molecule has 1 aliphatic carbocycles. The van der Waals surface area contributed by atoms with Crippen molar-refractivity contribution in [3.8, 4) is 0 Å². The lowest BCUT2D eigenvalue weighted by atomic mass is 9.94. The number of carboxylic acid groups (broad SMARTS) is 1. The van der Waals surface area contributed by atoms with Gasteiger partial charge in [-0.1, -0.05) is 19.3 Å². The monoisotopic (exact) mass is 320 g/mol. The fourth-order valence-electron chi connectivity index (χ4n) is 3.03. The third kappa shape index (κ3) is 4.06. The third-order valence-corrected chi connectivity index (χ3v) is 4.31. The molecule has 0 radical (unpaired) electrons. The largest absolute Gasteiger partial charge is 0.481 e. The van der Waals surface area contributed by atoms with Crippen LogP contribution in [0.2, 0.25) is 0 Å². The van der Waals surface area contributed by atoms with Crippen molar-refractivity contribution in [3.63, 3.8) is 0 Å². The lowest BCUT2D eigenvalue weighted by Gasteiger charge is -2.23. The predicted molar refractivity (Wildman–Crippen MR) is 83.3 cm³/mol. The molecule has 2 rings (SSSR count). The van der Waals surface area contributed by atoms with Crippen LogP contribution in [0.5, 0.6) is 0 Å². The molecule has 7 heteroatoms. The number of rotatable bonds is 4. The Morgan fingerprint density at radius 2 is 1.96 bits per heavy atom. The fraction of sp³-hybridized carbons (Fsp3) is 0.500. The first-order valence-electron chi connectivity index (χ1n) is 7.69. The van der Waals surface area contributed by atoms with Crippen molar-refractivity contribution in [2.75, 3.05) is 0 Å². The van der Waals surface area contributed by atoms with Crippen LogP contribution in [0.1, 0.15) is 48.0 Å². The lowest BCUT2D eigenvalue weighted by Crippen LogP contribution is -2.42. The number of nitrogens with one attached hydrogen (secondary N) is 1. The summed E-state index contributed by atoms with van der Waals surface area (Å²) >= 11 is 0. The van der Waals surface area contributed by atoms with E-state index >= 15 is 0 Å². The average molecular weight is 320 g/mol. The van der Waals surface area contributed by atoms with E-state index in [1.807, 2.05) is 0 Å². The molecule has 1 saturated carbocycles. The number of nitro groups is 1. The van der Waals surface area contributed by atoms with Crippen molar-refractivity contribution < 1.29 is 19.6 Å². The second kappa shape index (κ2) is 7.21. The molecule has 1 aromatic rings. The molecule has 2 N–H and O–H groups in total. The van der Waals surface area contributed by atoms with Crippen LogP contribution in [0, 0.1) is 23.0 Å². The zero-order valence-electron chi connectivity index (χ0n) is 12.9. The van der Waals surface area contributed by atoms with Crippen LogP contribution in [0.25, 0.3) is 0 Å². The summed E-state index contributed by atoms with van der Waals surface area (Å²) in [5.41, 5.74) is 0.666. The lowest BCUT2D eigenvalue weighted by molar-refractivity contribution is -0.385. The molecule has 23 heavy (non-hydrogen) atoms. The van der Waals surface area contributed by atoms with Gasteiger partial charge in [0.1, 0.15) is 0 Å². The maximum absolute atomic E-state index is 12.4. The van der Waals surface area contributed by atoms with Crippen molar-refractivity contribution in [2.24, 2.45) is 5.92 Å². The Balaban J connectivity index is 2.15. The molecule has 2 atom stereocenters. The summed E-state index contributed by atoms with van der Waals surface area (Å²) in [5.74, 6) is -1.86. The van der Waals surface area contributed by atoms with E-state index in [1.165, 1.54) is 18.2 Å². The molecular weight excluding hydrogens is 300 g/mol. The molecule has 0 aromatic heterocycles. The number of nitrogens with zero attached hydrogens (tertiary/aromatic N) is 1. The van der Waals surface area contributed by atoms with Gasteiger partial charge in [-0.2, -0.15) is 0 Å². The molecule has 1 amide bonds. The van der Waals surface area contributed by atoms with Gasteiger partial charge in [0.15, 0.2) is 0 Å². The molecule has 0 unspecified atom stereocenters. The SMILES string of the molecule is Cc1cc(C(=O)N[C@H]2CCCCC[C@H]2C(=O)O)ccc1[N+](=O)[O-]. The number of aliphatic carboxylic acids is 1. The Morgan fingerprint density at radius 3 is 2.57 bits per heavy atom. The van der Waals surface area contributed by atoms with Gasteiger partial charge in [-0.15, -0.1) is 0 Å². The zero-order valence-corrected chi connectivity index (χ0v) is 12.9. The molecule has 0 saturated heterocycles. The maximum Gasteiger partial charge on any atom is 0.308 e. The summed E-state index contributed by atoms with van der Waals surface area (Å²) in [4.78, 5) is 34.1. The first-order valence-corrected chi connectivity index (χ1v) is 7.69. The van der Waals surface area contributed by atoms with Crippen molar-refractivity contribution in [2.45, 2.75) is 45.1 Å². The number of carboxylic acids is 1. The van der Waals surface area contributed by atoms with E-state index in [2.05, 4.69) is 5.32 Å². The van der Waals surface area contributed by atoms with Crippen LogP contribution in [-0.2, 0) is 4.79 Å². The summed E-state index contributed by atoms with van der Waals surface area (Å²) in [6, 6.07) is 3.75. The van der Waals surface area contributed by atoms with E-state index < -0.39 is 22.9 Å². The second-order valence-corrected chi connectivity index (χ2v) is 5.92. The smallest absolute Gasteiger partial charge is 0.308 e. The van der Waals surface area contributed by atoms with Crippen molar-refractivity contribution >= 4 is 17.6 Å². The number of benzene rings is 1. The number of carbonyl (C=O) groups is 2. The third-order valence-electron chi connectivity index (χ3n) is 4.31. The molecule has 7 nitrogen and oxygen atoms in total. The number of aryl methyl sites for hydroxylation is 1. The molecule has 1 fully saturated rings. The predicted octanol–water partition coefficient (Wildman–Crippen LogP) is 2.67. The van der Waals surface area contributed by atoms with Crippen molar-refractivity contribution in [1.82, 2.24) is 5.32 Å². The zero-order chi connectivity index (χ0) is 17.0. The van der Waals surface area contributed by atoms with Crippen molar-refractivity contribution in [3.05, 3.63) is 39.4 Å². The van der Waals surface area contributed by atoms with E-state index in [1.54, 1.807) is 6.92 Å². The topological polar surface area (TPSA) is 110 Å². The molecule has 124 valence electrons.